The van der Waals surface area contributed by atoms with Gasteiger partial charge in [-0.2, -0.15) is 0 Å². The molecule has 0 aliphatic carbocycles. The molecule has 0 bridgehead atoms. The van der Waals surface area contributed by atoms with Crippen molar-refractivity contribution < 1.29 is 14.3 Å². The Hall–Kier alpha value is -2.96. The van der Waals surface area contributed by atoms with Gasteiger partial charge in [-0.3, -0.25) is 9.59 Å². The summed E-state index contributed by atoms with van der Waals surface area (Å²) in [5.41, 5.74) is 2.54. The van der Waals surface area contributed by atoms with E-state index in [1.165, 1.54) is 0 Å². The fraction of sp³-hybridized carbons (Fsp3) is 0.200. The van der Waals surface area contributed by atoms with E-state index in [1.54, 1.807) is 40.9 Å². The SMILES string of the molecule is Cc1cccc(OCC(=O)N2C(C(=O)Nc3ccccc3Cl)CSC2c2ccccc2)c1. The van der Waals surface area contributed by atoms with Crippen LogP contribution in [0.5, 0.6) is 5.75 Å². The molecule has 0 aromatic heterocycles. The quantitative estimate of drug-likeness (QED) is 0.535. The number of carbonyl (C=O) groups is 2. The smallest absolute Gasteiger partial charge is 0.262 e. The molecule has 5 nitrogen and oxygen atoms in total. The Morgan fingerprint density at radius 2 is 1.81 bits per heavy atom. The first-order chi connectivity index (χ1) is 15.5. The van der Waals surface area contributed by atoms with Crippen molar-refractivity contribution >= 4 is 40.9 Å². The minimum Gasteiger partial charge on any atom is -0.484 e. The Morgan fingerprint density at radius 1 is 1.06 bits per heavy atom. The molecule has 2 amide bonds. The van der Waals surface area contributed by atoms with Crippen LogP contribution in [0.15, 0.2) is 78.9 Å². The van der Waals surface area contributed by atoms with Crippen molar-refractivity contribution in [2.45, 2.75) is 18.3 Å². The van der Waals surface area contributed by atoms with E-state index in [9.17, 15) is 9.59 Å². The largest absolute Gasteiger partial charge is 0.484 e. The number of aryl methyl sites for hydroxylation is 1. The zero-order valence-corrected chi connectivity index (χ0v) is 19.1. The summed E-state index contributed by atoms with van der Waals surface area (Å²) in [6, 6.07) is 23.7. The molecular weight excluding hydrogens is 444 g/mol. The fourth-order valence-electron chi connectivity index (χ4n) is 3.59. The predicted molar refractivity (Wildman–Crippen MR) is 129 cm³/mol. The van der Waals surface area contributed by atoms with Crippen molar-refractivity contribution in [2.75, 3.05) is 17.7 Å². The standard InChI is InChI=1S/C25H23ClN2O3S/c1-17-8-7-11-19(14-17)31-15-23(29)28-22(16-32-25(28)18-9-3-2-4-10-18)24(30)27-21-13-6-5-12-20(21)26/h2-14,22,25H,15-16H2,1H3,(H,27,30). The summed E-state index contributed by atoms with van der Waals surface area (Å²) in [5.74, 6) is 0.586. The van der Waals surface area contributed by atoms with Crippen molar-refractivity contribution in [2.24, 2.45) is 0 Å². The molecule has 7 heteroatoms. The third kappa shape index (κ3) is 5.09. The summed E-state index contributed by atoms with van der Waals surface area (Å²) in [5, 5.41) is 3.05. The Labute approximate surface area is 196 Å². The molecule has 3 aromatic rings. The van der Waals surface area contributed by atoms with Crippen LogP contribution < -0.4 is 10.1 Å². The van der Waals surface area contributed by atoms with Crippen molar-refractivity contribution in [3.63, 3.8) is 0 Å². The first kappa shape index (κ1) is 22.2. The molecule has 1 heterocycles. The molecular formula is C25H23ClN2O3S. The number of ether oxygens (including phenoxy) is 1. The lowest BCUT2D eigenvalue weighted by Crippen LogP contribution is -2.47. The Kier molecular flexibility index (Phi) is 7.02. The van der Waals surface area contributed by atoms with Crippen molar-refractivity contribution in [1.82, 2.24) is 4.90 Å². The highest BCUT2D eigenvalue weighted by Gasteiger charge is 2.42. The number of benzene rings is 3. The maximum Gasteiger partial charge on any atom is 0.262 e. The van der Waals surface area contributed by atoms with Crippen LogP contribution in [0.1, 0.15) is 16.5 Å². The molecule has 32 heavy (non-hydrogen) atoms. The van der Waals surface area contributed by atoms with E-state index < -0.39 is 6.04 Å². The molecule has 1 fully saturated rings. The van der Waals surface area contributed by atoms with Gasteiger partial charge in [0.05, 0.1) is 10.7 Å². The number of rotatable bonds is 6. The van der Waals surface area contributed by atoms with E-state index in [1.807, 2.05) is 61.5 Å². The molecule has 0 radical (unpaired) electrons. The molecule has 3 aromatic carbocycles. The van der Waals surface area contributed by atoms with Crippen LogP contribution in [0.25, 0.3) is 0 Å². The lowest BCUT2D eigenvalue weighted by atomic mass is 10.1. The highest BCUT2D eigenvalue weighted by Crippen LogP contribution is 2.41. The number of carbonyl (C=O) groups excluding carboxylic acids is 2. The second kappa shape index (κ2) is 10.1. The van der Waals surface area contributed by atoms with Gasteiger partial charge in [-0.25, -0.2) is 0 Å². The minimum absolute atomic E-state index is 0.150. The van der Waals surface area contributed by atoms with Gasteiger partial charge in [0.25, 0.3) is 5.91 Å². The summed E-state index contributed by atoms with van der Waals surface area (Å²) in [6.07, 6.45) is 0. The topological polar surface area (TPSA) is 58.6 Å². The highest BCUT2D eigenvalue weighted by molar-refractivity contribution is 7.99. The average molecular weight is 467 g/mol. The van der Waals surface area contributed by atoms with Crippen molar-refractivity contribution in [3.8, 4) is 5.75 Å². The van der Waals surface area contributed by atoms with Gasteiger partial charge in [0.1, 0.15) is 17.2 Å². The van der Waals surface area contributed by atoms with E-state index in [0.717, 1.165) is 11.1 Å². The number of thioether (sulfide) groups is 1. The average Bonchev–Trinajstić information content (AvgIpc) is 3.25. The van der Waals surface area contributed by atoms with Crippen LogP contribution >= 0.6 is 23.4 Å². The van der Waals surface area contributed by atoms with Gasteiger partial charge in [-0.05, 0) is 42.3 Å². The van der Waals surface area contributed by atoms with Crippen molar-refractivity contribution in [3.05, 3.63) is 95.0 Å². The van der Waals surface area contributed by atoms with Gasteiger partial charge in [-0.15, -0.1) is 11.8 Å². The highest BCUT2D eigenvalue weighted by atomic mass is 35.5. The van der Waals surface area contributed by atoms with Crippen LogP contribution in [-0.4, -0.2) is 35.1 Å². The monoisotopic (exact) mass is 466 g/mol. The van der Waals surface area contributed by atoms with E-state index in [-0.39, 0.29) is 23.8 Å². The molecule has 164 valence electrons. The van der Waals surface area contributed by atoms with Crippen LogP contribution in [0.2, 0.25) is 5.02 Å². The number of amides is 2. The molecule has 1 N–H and O–H groups in total. The van der Waals surface area contributed by atoms with E-state index in [2.05, 4.69) is 5.32 Å². The van der Waals surface area contributed by atoms with Gasteiger partial charge in [0.2, 0.25) is 5.91 Å². The molecule has 4 rings (SSSR count). The van der Waals surface area contributed by atoms with Crippen LogP contribution in [0.4, 0.5) is 5.69 Å². The number of nitrogens with one attached hydrogen (secondary N) is 1. The molecule has 1 aliphatic rings. The predicted octanol–water partition coefficient (Wildman–Crippen LogP) is 5.31. The minimum atomic E-state index is -0.643. The van der Waals surface area contributed by atoms with Gasteiger partial charge < -0.3 is 15.0 Å². The van der Waals surface area contributed by atoms with Crippen LogP contribution in [0.3, 0.4) is 0 Å². The molecule has 0 spiro atoms. The van der Waals surface area contributed by atoms with Crippen LogP contribution in [-0.2, 0) is 9.59 Å². The number of nitrogens with zero attached hydrogens (tertiary/aromatic N) is 1. The summed E-state index contributed by atoms with van der Waals surface area (Å²) in [6.45, 7) is 1.82. The number of hydrogen-bond acceptors (Lipinski definition) is 4. The van der Waals surface area contributed by atoms with Gasteiger partial charge in [0, 0.05) is 5.75 Å². The van der Waals surface area contributed by atoms with E-state index in [4.69, 9.17) is 16.3 Å². The molecule has 2 atom stereocenters. The number of halogens is 1. The molecule has 2 unspecified atom stereocenters. The van der Waals surface area contributed by atoms with E-state index in [0.29, 0.717) is 22.2 Å². The first-order valence-corrected chi connectivity index (χ1v) is 11.7. The van der Waals surface area contributed by atoms with Gasteiger partial charge >= 0.3 is 0 Å². The zero-order chi connectivity index (χ0) is 22.5. The molecule has 1 saturated heterocycles. The normalized spacial score (nSPS) is 17.8. The van der Waals surface area contributed by atoms with Crippen LogP contribution in [0, 0.1) is 6.92 Å². The van der Waals surface area contributed by atoms with Gasteiger partial charge in [0.15, 0.2) is 6.61 Å². The number of para-hydroxylation sites is 1. The number of anilines is 1. The summed E-state index contributed by atoms with van der Waals surface area (Å²) in [4.78, 5) is 28.1. The Morgan fingerprint density at radius 3 is 2.56 bits per heavy atom. The lowest BCUT2D eigenvalue weighted by molar-refractivity contribution is -0.139. The summed E-state index contributed by atoms with van der Waals surface area (Å²) in [7, 11) is 0. The van der Waals surface area contributed by atoms with Crippen molar-refractivity contribution in [1.29, 1.82) is 0 Å². The first-order valence-electron chi connectivity index (χ1n) is 10.3. The second-order valence-corrected chi connectivity index (χ2v) is 9.01. The maximum atomic E-state index is 13.3. The summed E-state index contributed by atoms with van der Waals surface area (Å²) >= 11 is 7.77. The maximum absolute atomic E-state index is 13.3. The summed E-state index contributed by atoms with van der Waals surface area (Å²) < 4.78 is 5.76. The second-order valence-electron chi connectivity index (χ2n) is 7.49. The van der Waals surface area contributed by atoms with Gasteiger partial charge in [-0.1, -0.05) is 66.2 Å². The van der Waals surface area contributed by atoms with E-state index >= 15 is 0 Å². The number of hydrogen-bond donors (Lipinski definition) is 1. The molecule has 0 saturated carbocycles. The third-order valence-electron chi connectivity index (χ3n) is 5.16. The Bertz CT molecular complexity index is 1110. The lowest BCUT2D eigenvalue weighted by Gasteiger charge is -2.29. The third-order valence-corrected chi connectivity index (χ3v) is 6.81. The Balaban J connectivity index is 1.55. The zero-order valence-electron chi connectivity index (χ0n) is 17.5. The molecule has 1 aliphatic heterocycles. The fourth-order valence-corrected chi connectivity index (χ4v) is 5.23.